The number of hydrogen-bond donors (Lipinski definition) is 2. The molecule has 1 rings (SSSR count). The molecule has 1 aromatic rings. The predicted molar refractivity (Wildman–Crippen MR) is 85.6 cm³/mol. The standard InChI is InChI=1S/C16H23N3O4/c1-3-5-11-17-16(22)19(12-14(20)23-4-2)18-15(21)13-9-7-6-8-10-13/h6-10H,3-5,11-12H2,1-2H3,(H,17,22)(H,18,21). The fraction of sp³-hybridized carbons (Fsp3) is 0.438. The lowest BCUT2D eigenvalue weighted by Crippen LogP contribution is -2.53. The fourth-order valence-corrected chi connectivity index (χ4v) is 1.74. The number of hydrazine groups is 1. The summed E-state index contributed by atoms with van der Waals surface area (Å²) in [7, 11) is 0. The average molecular weight is 321 g/mol. The van der Waals surface area contributed by atoms with E-state index in [4.69, 9.17) is 4.74 Å². The van der Waals surface area contributed by atoms with Crippen LogP contribution in [-0.4, -0.2) is 42.6 Å². The predicted octanol–water partition coefficient (Wildman–Crippen LogP) is 1.71. The van der Waals surface area contributed by atoms with Crippen molar-refractivity contribution in [2.45, 2.75) is 26.7 Å². The van der Waals surface area contributed by atoms with Gasteiger partial charge in [0.15, 0.2) is 0 Å². The molecule has 0 aromatic heterocycles. The second-order valence-corrected chi connectivity index (χ2v) is 4.78. The van der Waals surface area contributed by atoms with Crippen LogP contribution in [0.25, 0.3) is 0 Å². The van der Waals surface area contributed by atoms with Gasteiger partial charge in [0.1, 0.15) is 6.54 Å². The highest BCUT2D eigenvalue weighted by atomic mass is 16.5. The summed E-state index contributed by atoms with van der Waals surface area (Å²) in [6, 6.07) is 7.90. The van der Waals surface area contributed by atoms with Gasteiger partial charge in [0.25, 0.3) is 5.91 Å². The molecule has 0 saturated heterocycles. The third kappa shape index (κ3) is 6.82. The third-order valence-corrected chi connectivity index (χ3v) is 2.92. The number of rotatable bonds is 7. The van der Waals surface area contributed by atoms with Gasteiger partial charge in [0.2, 0.25) is 0 Å². The van der Waals surface area contributed by atoms with Gasteiger partial charge in [-0.1, -0.05) is 31.5 Å². The van der Waals surface area contributed by atoms with Crippen molar-refractivity contribution in [2.24, 2.45) is 0 Å². The van der Waals surface area contributed by atoms with Gasteiger partial charge in [-0.3, -0.25) is 15.0 Å². The molecule has 0 atom stereocenters. The summed E-state index contributed by atoms with van der Waals surface area (Å²) in [6.45, 7) is 3.99. The minimum Gasteiger partial charge on any atom is -0.465 e. The number of nitrogens with one attached hydrogen (secondary N) is 2. The molecule has 0 aliphatic rings. The van der Waals surface area contributed by atoms with E-state index < -0.39 is 17.9 Å². The van der Waals surface area contributed by atoms with Gasteiger partial charge in [0.05, 0.1) is 6.61 Å². The molecule has 3 amide bonds. The molecule has 0 fully saturated rings. The molecule has 7 nitrogen and oxygen atoms in total. The van der Waals surface area contributed by atoms with E-state index in [9.17, 15) is 14.4 Å². The molecule has 126 valence electrons. The smallest absolute Gasteiger partial charge is 0.336 e. The van der Waals surface area contributed by atoms with Crippen LogP contribution in [0, 0.1) is 0 Å². The van der Waals surface area contributed by atoms with Gasteiger partial charge in [-0.25, -0.2) is 9.80 Å². The van der Waals surface area contributed by atoms with Crippen molar-refractivity contribution < 1.29 is 19.1 Å². The molecule has 0 aliphatic carbocycles. The molecule has 0 heterocycles. The first-order chi connectivity index (χ1) is 11.1. The minimum absolute atomic E-state index is 0.205. The highest BCUT2D eigenvalue weighted by Gasteiger charge is 2.20. The maximum atomic E-state index is 12.1. The van der Waals surface area contributed by atoms with Gasteiger partial charge >= 0.3 is 12.0 Å². The summed E-state index contributed by atoms with van der Waals surface area (Å²) in [5.41, 5.74) is 2.82. The Kier molecular flexibility index (Phi) is 8.20. The number of ether oxygens (including phenoxy) is 1. The van der Waals surface area contributed by atoms with Crippen molar-refractivity contribution in [3.63, 3.8) is 0 Å². The van der Waals surface area contributed by atoms with Crippen molar-refractivity contribution >= 4 is 17.9 Å². The van der Waals surface area contributed by atoms with Crippen LogP contribution < -0.4 is 10.7 Å². The van der Waals surface area contributed by atoms with E-state index in [1.54, 1.807) is 37.3 Å². The van der Waals surface area contributed by atoms with E-state index in [0.717, 1.165) is 17.9 Å². The van der Waals surface area contributed by atoms with Gasteiger partial charge in [0, 0.05) is 12.1 Å². The van der Waals surface area contributed by atoms with Crippen LogP contribution in [0.2, 0.25) is 0 Å². The normalized spacial score (nSPS) is 9.83. The number of unbranched alkanes of at least 4 members (excludes halogenated alkanes) is 1. The summed E-state index contributed by atoms with van der Waals surface area (Å²) in [4.78, 5) is 35.9. The number of nitrogens with zero attached hydrogens (tertiary/aromatic N) is 1. The van der Waals surface area contributed by atoms with E-state index >= 15 is 0 Å². The first kappa shape index (κ1) is 18.5. The van der Waals surface area contributed by atoms with Gasteiger partial charge in [-0.2, -0.15) is 0 Å². The van der Waals surface area contributed by atoms with Crippen LogP contribution in [0.4, 0.5) is 4.79 Å². The topological polar surface area (TPSA) is 87.7 Å². The lowest BCUT2D eigenvalue weighted by molar-refractivity contribution is -0.144. The Morgan fingerprint density at radius 1 is 1.13 bits per heavy atom. The number of esters is 1. The summed E-state index contributed by atoms with van der Waals surface area (Å²) < 4.78 is 4.82. The highest BCUT2D eigenvalue weighted by molar-refractivity contribution is 5.95. The Bertz CT molecular complexity index is 519. The second kappa shape index (κ2) is 10.2. The molecule has 0 unspecified atom stereocenters. The molecule has 0 aliphatic heterocycles. The number of benzene rings is 1. The number of amides is 3. The lowest BCUT2D eigenvalue weighted by atomic mass is 10.2. The molecule has 0 spiro atoms. The van der Waals surface area contributed by atoms with Crippen molar-refractivity contribution in [3.8, 4) is 0 Å². The Balaban J connectivity index is 2.71. The van der Waals surface area contributed by atoms with E-state index in [-0.39, 0.29) is 13.2 Å². The molecule has 1 aromatic carbocycles. The zero-order valence-electron chi connectivity index (χ0n) is 13.5. The molecule has 2 N–H and O–H groups in total. The van der Waals surface area contributed by atoms with E-state index in [0.29, 0.717) is 12.1 Å². The Morgan fingerprint density at radius 3 is 2.43 bits per heavy atom. The van der Waals surface area contributed by atoms with Crippen molar-refractivity contribution in [1.29, 1.82) is 0 Å². The number of hydrogen-bond acceptors (Lipinski definition) is 4. The van der Waals surface area contributed by atoms with Crippen molar-refractivity contribution in [2.75, 3.05) is 19.7 Å². The van der Waals surface area contributed by atoms with Gasteiger partial charge in [-0.05, 0) is 25.5 Å². The highest BCUT2D eigenvalue weighted by Crippen LogP contribution is 1.99. The summed E-state index contributed by atoms with van der Waals surface area (Å²) >= 11 is 0. The number of carbonyl (C=O) groups is 3. The molecule has 0 saturated carbocycles. The number of urea groups is 1. The molecular formula is C16H23N3O4. The molecule has 0 bridgehead atoms. The molecule has 7 heteroatoms. The van der Waals surface area contributed by atoms with Crippen LogP contribution in [0.15, 0.2) is 30.3 Å². The minimum atomic E-state index is -0.591. The van der Waals surface area contributed by atoms with Crippen LogP contribution in [0.3, 0.4) is 0 Å². The maximum absolute atomic E-state index is 12.1. The summed E-state index contributed by atoms with van der Waals surface area (Å²) in [5, 5.41) is 3.59. The zero-order valence-corrected chi connectivity index (χ0v) is 13.5. The van der Waals surface area contributed by atoms with Crippen LogP contribution in [-0.2, 0) is 9.53 Å². The van der Waals surface area contributed by atoms with E-state index in [1.807, 2.05) is 6.92 Å². The first-order valence-corrected chi connectivity index (χ1v) is 7.65. The van der Waals surface area contributed by atoms with E-state index in [1.165, 1.54) is 0 Å². The fourth-order valence-electron chi connectivity index (χ4n) is 1.74. The second-order valence-electron chi connectivity index (χ2n) is 4.78. The Labute approximate surface area is 136 Å². The maximum Gasteiger partial charge on any atom is 0.336 e. The summed E-state index contributed by atoms with van der Waals surface area (Å²) in [5.74, 6) is -1.06. The van der Waals surface area contributed by atoms with Crippen LogP contribution in [0.1, 0.15) is 37.0 Å². The molecule has 23 heavy (non-hydrogen) atoms. The SMILES string of the molecule is CCCCNC(=O)N(CC(=O)OCC)NC(=O)c1ccccc1. The van der Waals surface area contributed by atoms with Gasteiger partial charge < -0.3 is 10.1 Å². The average Bonchev–Trinajstić information content (AvgIpc) is 2.55. The van der Waals surface area contributed by atoms with E-state index in [2.05, 4.69) is 10.7 Å². The van der Waals surface area contributed by atoms with Crippen molar-refractivity contribution in [3.05, 3.63) is 35.9 Å². The lowest BCUT2D eigenvalue weighted by Gasteiger charge is -2.22. The summed E-state index contributed by atoms with van der Waals surface area (Å²) in [6.07, 6.45) is 1.74. The largest absolute Gasteiger partial charge is 0.465 e. The quantitative estimate of drug-likeness (QED) is 0.454. The third-order valence-electron chi connectivity index (χ3n) is 2.92. The van der Waals surface area contributed by atoms with Crippen LogP contribution >= 0.6 is 0 Å². The number of carbonyl (C=O) groups excluding carboxylic acids is 3. The zero-order chi connectivity index (χ0) is 17.1. The monoisotopic (exact) mass is 321 g/mol. The Morgan fingerprint density at radius 2 is 1.83 bits per heavy atom. The van der Waals surface area contributed by atoms with Crippen molar-refractivity contribution in [1.82, 2.24) is 15.8 Å². The Hall–Kier alpha value is -2.57. The first-order valence-electron chi connectivity index (χ1n) is 7.65. The molecule has 0 radical (unpaired) electrons. The van der Waals surface area contributed by atoms with Gasteiger partial charge in [-0.15, -0.1) is 0 Å². The van der Waals surface area contributed by atoms with Crippen LogP contribution in [0.5, 0.6) is 0 Å². The molecular weight excluding hydrogens is 298 g/mol.